The van der Waals surface area contributed by atoms with Crippen molar-refractivity contribution < 1.29 is 18.6 Å². The van der Waals surface area contributed by atoms with Crippen molar-refractivity contribution in [1.29, 1.82) is 0 Å². The molecule has 158 valence electrons. The van der Waals surface area contributed by atoms with Crippen LogP contribution in [0.4, 0.5) is 0 Å². The predicted octanol–water partition coefficient (Wildman–Crippen LogP) is 5.69. The first-order valence-electron chi connectivity index (χ1n) is 10.2. The Kier molecular flexibility index (Phi) is 7.67. The summed E-state index contributed by atoms with van der Waals surface area (Å²) in [6.45, 7) is 18.2. The zero-order chi connectivity index (χ0) is 21.0. The van der Waals surface area contributed by atoms with E-state index in [1.54, 1.807) is 0 Å². The van der Waals surface area contributed by atoms with Crippen molar-refractivity contribution in [1.82, 2.24) is 0 Å². The number of benzene rings is 1. The molecule has 2 rings (SSSR count). The van der Waals surface area contributed by atoms with Gasteiger partial charge in [-0.1, -0.05) is 63.3 Å². The third-order valence-corrected chi connectivity index (χ3v) is 10.1. The second kappa shape index (κ2) is 9.22. The maximum absolute atomic E-state index is 6.77. The Morgan fingerprint density at radius 1 is 1.14 bits per heavy atom. The van der Waals surface area contributed by atoms with E-state index in [1.807, 2.05) is 45.0 Å². The Labute approximate surface area is 172 Å². The van der Waals surface area contributed by atoms with E-state index in [0.29, 0.717) is 13.2 Å². The van der Waals surface area contributed by atoms with Gasteiger partial charge in [0.15, 0.2) is 14.1 Å². The van der Waals surface area contributed by atoms with Gasteiger partial charge in [-0.25, -0.2) is 0 Å². The largest absolute Gasteiger partial charge is 0.409 e. The van der Waals surface area contributed by atoms with E-state index in [1.165, 1.54) is 0 Å². The molecule has 0 aliphatic carbocycles. The molecule has 0 amide bonds. The molecule has 0 N–H and O–H groups in total. The van der Waals surface area contributed by atoms with Gasteiger partial charge in [0.1, 0.15) is 12.2 Å². The molecule has 4 nitrogen and oxygen atoms in total. The third-order valence-electron chi connectivity index (χ3n) is 5.56. The van der Waals surface area contributed by atoms with Gasteiger partial charge < -0.3 is 18.6 Å². The van der Waals surface area contributed by atoms with Gasteiger partial charge in [-0.3, -0.25) is 0 Å². The second-order valence-corrected chi connectivity index (χ2v) is 14.3. The Hall–Kier alpha value is -0.983. The van der Waals surface area contributed by atoms with E-state index in [2.05, 4.69) is 52.1 Å². The van der Waals surface area contributed by atoms with Gasteiger partial charge >= 0.3 is 0 Å². The summed E-state index contributed by atoms with van der Waals surface area (Å²) in [5.41, 5.74) is 1.16. The van der Waals surface area contributed by atoms with Crippen molar-refractivity contribution in [3.8, 4) is 0 Å². The highest BCUT2D eigenvalue weighted by molar-refractivity contribution is 6.74. The van der Waals surface area contributed by atoms with Crippen LogP contribution < -0.4 is 0 Å². The summed E-state index contributed by atoms with van der Waals surface area (Å²) in [4.78, 5) is 0. The summed E-state index contributed by atoms with van der Waals surface area (Å²) in [6, 6.07) is 10.2. The summed E-state index contributed by atoms with van der Waals surface area (Å²) in [6.07, 6.45) is 3.54. The van der Waals surface area contributed by atoms with Crippen LogP contribution in [0.1, 0.15) is 47.1 Å². The molecule has 1 aromatic rings. The number of ether oxygens (including phenoxy) is 3. The molecule has 0 saturated carbocycles. The Morgan fingerprint density at radius 3 is 2.36 bits per heavy atom. The average Bonchev–Trinajstić information content (AvgIpc) is 2.88. The minimum atomic E-state index is -2.00. The van der Waals surface area contributed by atoms with Crippen LogP contribution in [0.15, 0.2) is 42.5 Å². The SMILES string of the molecule is C/C=C\[C@@H]1OC(C)(C)O[C@@H]1[C@H](COCc1ccccc1)O[Si](C)(C)C(C)(C)C. The van der Waals surface area contributed by atoms with E-state index in [-0.39, 0.29) is 23.4 Å². The van der Waals surface area contributed by atoms with Crippen LogP contribution in [0, 0.1) is 0 Å². The molecule has 0 spiro atoms. The van der Waals surface area contributed by atoms with Gasteiger partial charge in [-0.2, -0.15) is 0 Å². The Morgan fingerprint density at radius 2 is 1.79 bits per heavy atom. The number of hydrogen-bond acceptors (Lipinski definition) is 4. The molecule has 28 heavy (non-hydrogen) atoms. The van der Waals surface area contributed by atoms with Crippen molar-refractivity contribution in [2.75, 3.05) is 6.61 Å². The number of allylic oxidation sites excluding steroid dienone is 1. The lowest BCUT2D eigenvalue weighted by atomic mass is 10.1. The van der Waals surface area contributed by atoms with Crippen molar-refractivity contribution in [3.63, 3.8) is 0 Å². The first kappa shape index (κ1) is 23.3. The van der Waals surface area contributed by atoms with Crippen LogP contribution in [-0.4, -0.2) is 39.0 Å². The summed E-state index contributed by atoms with van der Waals surface area (Å²) < 4.78 is 25.3. The minimum Gasteiger partial charge on any atom is -0.409 e. The van der Waals surface area contributed by atoms with Gasteiger partial charge in [0.25, 0.3) is 0 Å². The molecule has 1 aromatic carbocycles. The van der Waals surface area contributed by atoms with E-state index in [0.717, 1.165) is 5.56 Å². The molecule has 0 unspecified atom stereocenters. The van der Waals surface area contributed by atoms with Gasteiger partial charge in [-0.05, 0) is 44.5 Å². The molecule has 0 aromatic heterocycles. The quantitative estimate of drug-likeness (QED) is 0.410. The molecular formula is C23H38O4Si. The van der Waals surface area contributed by atoms with Gasteiger partial charge in [0, 0.05) is 0 Å². The zero-order valence-electron chi connectivity index (χ0n) is 18.8. The van der Waals surface area contributed by atoms with Crippen LogP contribution in [0.2, 0.25) is 18.1 Å². The van der Waals surface area contributed by atoms with E-state index < -0.39 is 14.1 Å². The number of hydrogen-bond donors (Lipinski definition) is 0. The molecule has 0 radical (unpaired) electrons. The highest BCUT2D eigenvalue weighted by Crippen LogP contribution is 2.40. The van der Waals surface area contributed by atoms with Gasteiger partial charge in [0.05, 0.1) is 19.3 Å². The summed E-state index contributed by atoms with van der Waals surface area (Å²) in [7, 11) is -2.00. The van der Waals surface area contributed by atoms with Gasteiger partial charge in [0.2, 0.25) is 0 Å². The minimum absolute atomic E-state index is 0.107. The summed E-state index contributed by atoms with van der Waals surface area (Å²) in [5.74, 6) is -0.636. The monoisotopic (exact) mass is 406 g/mol. The number of rotatable bonds is 8. The first-order valence-corrected chi connectivity index (χ1v) is 13.1. The Balaban J connectivity index is 2.17. The van der Waals surface area contributed by atoms with Crippen LogP contribution in [-0.2, 0) is 25.2 Å². The lowest BCUT2D eigenvalue weighted by molar-refractivity contribution is -0.156. The summed E-state index contributed by atoms with van der Waals surface area (Å²) in [5, 5.41) is 0.107. The molecule has 1 fully saturated rings. The molecular weight excluding hydrogens is 368 g/mol. The fraction of sp³-hybridized carbons (Fsp3) is 0.652. The highest BCUT2D eigenvalue weighted by atomic mass is 28.4. The fourth-order valence-corrected chi connectivity index (χ4v) is 4.37. The molecule has 1 heterocycles. The van der Waals surface area contributed by atoms with E-state index in [9.17, 15) is 0 Å². The van der Waals surface area contributed by atoms with Crippen LogP contribution in [0.25, 0.3) is 0 Å². The normalized spacial score (nSPS) is 24.0. The van der Waals surface area contributed by atoms with Crippen LogP contribution >= 0.6 is 0 Å². The molecule has 1 aliphatic rings. The molecule has 1 saturated heterocycles. The third kappa shape index (κ3) is 6.26. The smallest absolute Gasteiger partial charge is 0.192 e. The maximum Gasteiger partial charge on any atom is 0.192 e. The van der Waals surface area contributed by atoms with E-state index >= 15 is 0 Å². The second-order valence-electron chi connectivity index (χ2n) is 9.51. The van der Waals surface area contributed by atoms with Crippen molar-refractivity contribution in [2.24, 2.45) is 0 Å². The maximum atomic E-state index is 6.77. The lowest BCUT2D eigenvalue weighted by Crippen LogP contribution is -2.50. The van der Waals surface area contributed by atoms with Gasteiger partial charge in [-0.15, -0.1) is 0 Å². The molecule has 0 bridgehead atoms. The molecule has 1 aliphatic heterocycles. The Bertz CT molecular complexity index is 634. The van der Waals surface area contributed by atoms with Crippen molar-refractivity contribution >= 4 is 8.32 Å². The van der Waals surface area contributed by atoms with Crippen LogP contribution in [0.3, 0.4) is 0 Å². The van der Waals surface area contributed by atoms with Crippen LogP contribution in [0.5, 0.6) is 0 Å². The highest BCUT2D eigenvalue weighted by Gasteiger charge is 2.48. The summed E-state index contributed by atoms with van der Waals surface area (Å²) >= 11 is 0. The first-order chi connectivity index (χ1) is 13.0. The zero-order valence-corrected chi connectivity index (χ0v) is 19.8. The lowest BCUT2D eigenvalue weighted by Gasteiger charge is -2.41. The predicted molar refractivity (Wildman–Crippen MR) is 117 cm³/mol. The average molecular weight is 407 g/mol. The van der Waals surface area contributed by atoms with E-state index in [4.69, 9.17) is 18.6 Å². The topological polar surface area (TPSA) is 36.9 Å². The molecule has 3 atom stereocenters. The standard InChI is InChI=1S/C23H38O4Si/c1-9-13-19-21(26-23(5,6)25-19)20(27-28(7,8)22(2,3)4)17-24-16-18-14-11-10-12-15-18/h9-15,19-21H,16-17H2,1-8H3/b13-9-/t19-,20-,21-/m0/s1. The van der Waals surface area contributed by atoms with Crippen molar-refractivity contribution in [3.05, 3.63) is 48.0 Å². The molecule has 5 heteroatoms. The fourth-order valence-electron chi connectivity index (χ4n) is 3.06. The van der Waals surface area contributed by atoms with Crippen molar-refractivity contribution in [2.45, 2.75) is 90.4 Å².